The number of carbonyl (C=O) groups is 1. The van der Waals surface area contributed by atoms with E-state index in [1.807, 2.05) is 0 Å². The number of nitro groups is 1. The predicted octanol–water partition coefficient (Wildman–Crippen LogP) is 1.90. The van der Waals surface area contributed by atoms with E-state index >= 15 is 0 Å². The molecule has 3 N–H and O–H groups in total. The van der Waals surface area contributed by atoms with Crippen LogP contribution in [0, 0.1) is 16.0 Å². The zero-order valence-corrected chi connectivity index (χ0v) is 13.2. The molecule has 0 radical (unpaired) electrons. The van der Waals surface area contributed by atoms with Crippen molar-refractivity contribution in [1.29, 1.82) is 0 Å². The van der Waals surface area contributed by atoms with Crippen molar-refractivity contribution in [3.05, 3.63) is 34.4 Å². The maximum absolute atomic E-state index is 11.8. The molecular formula is C16H24N4O3. The Kier molecular flexibility index (Phi) is 6.80. The molecule has 0 atom stereocenters. The van der Waals surface area contributed by atoms with Crippen LogP contribution in [-0.4, -0.2) is 37.0 Å². The first-order valence-electron chi connectivity index (χ1n) is 8.11. The molecule has 7 nitrogen and oxygen atoms in total. The number of nitrogens with zero attached hydrogens (tertiary/aromatic N) is 1. The highest BCUT2D eigenvalue weighted by Gasteiger charge is 2.14. The van der Waals surface area contributed by atoms with Crippen LogP contribution in [0.2, 0.25) is 0 Å². The molecule has 126 valence electrons. The van der Waals surface area contributed by atoms with E-state index in [4.69, 9.17) is 0 Å². The summed E-state index contributed by atoms with van der Waals surface area (Å²) in [7, 11) is 0. The smallest absolute Gasteiger partial charge is 0.292 e. The number of hydrogen-bond donors (Lipinski definition) is 3. The first kappa shape index (κ1) is 17.2. The molecule has 1 heterocycles. The molecule has 1 aromatic carbocycles. The van der Waals surface area contributed by atoms with Gasteiger partial charge in [0.05, 0.1) is 4.92 Å². The van der Waals surface area contributed by atoms with Gasteiger partial charge in [0.2, 0.25) is 5.91 Å². The normalized spacial score (nSPS) is 15.1. The Bertz CT molecular complexity index is 530. The standard InChI is InChI=1S/C16H24N4O3/c21-16(6-5-13-7-9-17-10-8-13)19-12-11-18-14-3-1-2-4-15(14)20(22)23/h1-4,13,17-18H,5-12H2,(H,19,21). The lowest BCUT2D eigenvalue weighted by molar-refractivity contribution is -0.384. The van der Waals surface area contributed by atoms with Crippen LogP contribution >= 0.6 is 0 Å². The zero-order chi connectivity index (χ0) is 16.5. The molecule has 0 bridgehead atoms. The van der Waals surface area contributed by atoms with E-state index in [-0.39, 0.29) is 11.6 Å². The summed E-state index contributed by atoms with van der Waals surface area (Å²) < 4.78 is 0. The molecule has 0 unspecified atom stereocenters. The van der Waals surface area contributed by atoms with Crippen molar-refractivity contribution in [2.24, 2.45) is 5.92 Å². The minimum absolute atomic E-state index is 0.0461. The van der Waals surface area contributed by atoms with Gasteiger partial charge >= 0.3 is 0 Å². The van der Waals surface area contributed by atoms with Crippen molar-refractivity contribution < 1.29 is 9.72 Å². The van der Waals surface area contributed by atoms with Crippen molar-refractivity contribution in [1.82, 2.24) is 10.6 Å². The summed E-state index contributed by atoms with van der Waals surface area (Å²) in [4.78, 5) is 22.3. The van der Waals surface area contributed by atoms with Gasteiger partial charge in [-0.2, -0.15) is 0 Å². The molecule has 1 aromatic rings. The third kappa shape index (κ3) is 5.86. The van der Waals surface area contributed by atoms with Gasteiger partial charge in [0.25, 0.3) is 5.69 Å². The van der Waals surface area contributed by atoms with Crippen LogP contribution in [0.15, 0.2) is 24.3 Å². The first-order valence-corrected chi connectivity index (χ1v) is 8.11. The predicted molar refractivity (Wildman–Crippen MR) is 89.4 cm³/mol. The van der Waals surface area contributed by atoms with Crippen molar-refractivity contribution in [2.75, 3.05) is 31.5 Å². The van der Waals surface area contributed by atoms with Gasteiger partial charge in [-0.3, -0.25) is 14.9 Å². The fourth-order valence-electron chi connectivity index (χ4n) is 2.78. The molecule has 1 fully saturated rings. The highest BCUT2D eigenvalue weighted by Crippen LogP contribution is 2.22. The van der Waals surface area contributed by atoms with E-state index in [0.717, 1.165) is 32.4 Å². The molecule has 0 saturated carbocycles. The summed E-state index contributed by atoms with van der Waals surface area (Å²) in [6.07, 6.45) is 3.78. The number of para-hydroxylation sites is 2. The number of rotatable bonds is 8. The summed E-state index contributed by atoms with van der Waals surface area (Å²) in [5.41, 5.74) is 0.520. The quantitative estimate of drug-likeness (QED) is 0.386. The molecule has 1 aliphatic heterocycles. The SMILES string of the molecule is O=C(CCC1CCNCC1)NCCNc1ccccc1[N+](=O)[O-]. The first-order chi connectivity index (χ1) is 11.2. The monoisotopic (exact) mass is 320 g/mol. The topological polar surface area (TPSA) is 96.3 Å². The zero-order valence-electron chi connectivity index (χ0n) is 13.2. The molecule has 23 heavy (non-hydrogen) atoms. The third-order valence-corrected chi connectivity index (χ3v) is 4.10. The Balaban J connectivity index is 1.63. The van der Waals surface area contributed by atoms with E-state index in [1.54, 1.807) is 18.2 Å². The molecule has 7 heteroatoms. The Morgan fingerprint density at radius 2 is 2.00 bits per heavy atom. The van der Waals surface area contributed by atoms with Gasteiger partial charge in [-0.15, -0.1) is 0 Å². The Labute approximate surface area is 136 Å². The van der Waals surface area contributed by atoms with Crippen LogP contribution in [0.3, 0.4) is 0 Å². The van der Waals surface area contributed by atoms with Crippen LogP contribution in [0.4, 0.5) is 11.4 Å². The van der Waals surface area contributed by atoms with E-state index in [9.17, 15) is 14.9 Å². The fourth-order valence-corrected chi connectivity index (χ4v) is 2.78. The summed E-state index contributed by atoms with van der Waals surface area (Å²) in [5, 5.41) is 20.1. The molecule has 1 saturated heterocycles. The molecule has 0 spiro atoms. The largest absolute Gasteiger partial charge is 0.378 e. The van der Waals surface area contributed by atoms with Crippen LogP contribution in [0.5, 0.6) is 0 Å². The molecule has 1 aliphatic rings. The van der Waals surface area contributed by atoms with Crippen molar-refractivity contribution in [2.45, 2.75) is 25.7 Å². The number of anilines is 1. The van der Waals surface area contributed by atoms with Gasteiger partial charge in [-0.05, 0) is 44.3 Å². The Morgan fingerprint density at radius 3 is 2.74 bits per heavy atom. The summed E-state index contributed by atoms with van der Waals surface area (Å²) in [6, 6.07) is 6.50. The third-order valence-electron chi connectivity index (χ3n) is 4.10. The number of piperidine rings is 1. The van der Waals surface area contributed by atoms with Crippen LogP contribution < -0.4 is 16.0 Å². The summed E-state index contributed by atoms with van der Waals surface area (Å²) in [6.45, 7) is 3.01. The van der Waals surface area contributed by atoms with E-state index in [0.29, 0.717) is 31.1 Å². The van der Waals surface area contributed by atoms with Gasteiger partial charge < -0.3 is 16.0 Å². The Hall–Kier alpha value is -2.15. The molecular weight excluding hydrogens is 296 g/mol. The van der Waals surface area contributed by atoms with Crippen LogP contribution in [0.25, 0.3) is 0 Å². The second kappa shape index (κ2) is 9.09. The number of benzene rings is 1. The van der Waals surface area contributed by atoms with Crippen molar-refractivity contribution in [3.63, 3.8) is 0 Å². The highest BCUT2D eigenvalue weighted by atomic mass is 16.6. The van der Waals surface area contributed by atoms with Crippen molar-refractivity contribution in [3.8, 4) is 0 Å². The van der Waals surface area contributed by atoms with Gasteiger partial charge in [0, 0.05) is 25.6 Å². The van der Waals surface area contributed by atoms with Crippen LogP contribution in [-0.2, 0) is 4.79 Å². The highest BCUT2D eigenvalue weighted by molar-refractivity contribution is 5.75. The maximum atomic E-state index is 11.8. The lowest BCUT2D eigenvalue weighted by Gasteiger charge is -2.22. The van der Waals surface area contributed by atoms with Gasteiger partial charge in [0.15, 0.2) is 0 Å². The maximum Gasteiger partial charge on any atom is 0.292 e. The number of hydrogen-bond acceptors (Lipinski definition) is 5. The van der Waals surface area contributed by atoms with Gasteiger partial charge in [-0.1, -0.05) is 12.1 Å². The Morgan fingerprint density at radius 1 is 1.26 bits per heavy atom. The van der Waals surface area contributed by atoms with E-state index < -0.39 is 4.92 Å². The summed E-state index contributed by atoms with van der Waals surface area (Å²) in [5.74, 6) is 0.694. The molecule has 0 aliphatic carbocycles. The molecule has 0 aromatic heterocycles. The van der Waals surface area contributed by atoms with Crippen molar-refractivity contribution >= 4 is 17.3 Å². The molecule has 1 amide bonds. The number of amides is 1. The van der Waals surface area contributed by atoms with E-state index in [2.05, 4.69) is 16.0 Å². The van der Waals surface area contributed by atoms with Crippen LogP contribution in [0.1, 0.15) is 25.7 Å². The van der Waals surface area contributed by atoms with E-state index in [1.165, 1.54) is 6.07 Å². The number of carbonyl (C=O) groups excluding carboxylic acids is 1. The number of nitro benzene ring substituents is 1. The fraction of sp³-hybridized carbons (Fsp3) is 0.562. The molecule has 2 rings (SSSR count). The van der Waals surface area contributed by atoms with Gasteiger partial charge in [0.1, 0.15) is 5.69 Å². The average molecular weight is 320 g/mol. The second-order valence-corrected chi connectivity index (χ2v) is 5.78. The number of nitrogens with one attached hydrogen (secondary N) is 3. The lowest BCUT2D eigenvalue weighted by atomic mass is 9.93. The minimum Gasteiger partial charge on any atom is -0.378 e. The second-order valence-electron chi connectivity index (χ2n) is 5.78. The minimum atomic E-state index is -0.417. The summed E-state index contributed by atoms with van der Waals surface area (Å²) >= 11 is 0. The van der Waals surface area contributed by atoms with Gasteiger partial charge in [-0.25, -0.2) is 0 Å². The lowest BCUT2D eigenvalue weighted by Crippen LogP contribution is -2.31. The average Bonchev–Trinajstić information content (AvgIpc) is 2.58.